The molecule has 0 aromatic rings. The average Bonchev–Trinajstić information content (AvgIpc) is 2.53. The highest BCUT2D eigenvalue weighted by Crippen LogP contribution is 2.30. The van der Waals surface area contributed by atoms with Gasteiger partial charge in [-0.25, -0.2) is 9.59 Å². The van der Waals surface area contributed by atoms with Gasteiger partial charge in [-0.15, -0.1) is 0 Å². The van der Waals surface area contributed by atoms with Gasteiger partial charge in [-0.2, -0.15) is 0 Å². The normalized spacial score (nSPS) is 28.1. The molecule has 1 fully saturated rings. The summed E-state index contributed by atoms with van der Waals surface area (Å²) in [4.78, 5) is 25.3. The SMILES string of the molecule is COC(=O)C1(C)C(N)CCN1C(=O)OC(C)(C)C. The molecule has 2 unspecified atom stereocenters. The van der Waals surface area contributed by atoms with Crippen molar-refractivity contribution >= 4 is 12.1 Å². The van der Waals surface area contributed by atoms with E-state index in [1.807, 2.05) is 0 Å². The van der Waals surface area contributed by atoms with Crippen LogP contribution in [0.15, 0.2) is 0 Å². The Kier molecular flexibility index (Phi) is 3.90. The molecule has 0 aromatic carbocycles. The molecule has 2 atom stereocenters. The molecule has 6 heteroatoms. The summed E-state index contributed by atoms with van der Waals surface area (Å²) in [6, 6.07) is -0.447. The Morgan fingerprint density at radius 3 is 2.39 bits per heavy atom. The third-order valence-electron chi connectivity index (χ3n) is 3.16. The molecule has 1 amide bonds. The van der Waals surface area contributed by atoms with Gasteiger partial charge in [-0.1, -0.05) is 0 Å². The Morgan fingerprint density at radius 1 is 1.39 bits per heavy atom. The maximum Gasteiger partial charge on any atom is 0.411 e. The topological polar surface area (TPSA) is 81.9 Å². The summed E-state index contributed by atoms with van der Waals surface area (Å²) < 4.78 is 10.0. The van der Waals surface area contributed by atoms with E-state index in [1.54, 1.807) is 27.7 Å². The fourth-order valence-corrected chi connectivity index (χ4v) is 2.05. The van der Waals surface area contributed by atoms with Crippen LogP contribution < -0.4 is 5.73 Å². The average molecular weight is 258 g/mol. The van der Waals surface area contributed by atoms with Gasteiger partial charge in [-0.3, -0.25) is 4.90 Å². The molecular formula is C12H22N2O4. The van der Waals surface area contributed by atoms with Crippen LogP contribution in [0.3, 0.4) is 0 Å². The maximum atomic E-state index is 12.1. The molecule has 2 N–H and O–H groups in total. The number of ether oxygens (including phenoxy) is 2. The number of likely N-dealkylation sites (tertiary alicyclic amines) is 1. The van der Waals surface area contributed by atoms with Crippen molar-refractivity contribution in [3.63, 3.8) is 0 Å². The van der Waals surface area contributed by atoms with Gasteiger partial charge < -0.3 is 15.2 Å². The van der Waals surface area contributed by atoms with Gasteiger partial charge in [0.25, 0.3) is 0 Å². The Morgan fingerprint density at radius 2 is 1.94 bits per heavy atom. The predicted octanol–water partition coefficient (Wildman–Crippen LogP) is 0.886. The van der Waals surface area contributed by atoms with Crippen LogP contribution in [0.5, 0.6) is 0 Å². The first-order chi connectivity index (χ1) is 8.13. The largest absolute Gasteiger partial charge is 0.467 e. The van der Waals surface area contributed by atoms with Gasteiger partial charge in [0.1, 0.15) is 5.60 Å². The fraction of sp³-hybridized carbons (Fsp3) is 0.833. The smallest absolute Gasteiger partial charge is 0.411 e. The zero-order chi connectivity index (χ0) is 14.1. The minimum atomic E-state index is -1.16. The molecular weight excluding hydrogens is 236 g/mol. The Bertz CT molecular complexity index is 350. The zero-order valence-electron chi connectivity index (χ0n) is 11.6. The Balaban J connectivity index is 2.94. The van der Waals surface area contributed by atoms with Crippen molar-refractivity contribution in [2.24, 2.45) is 5.73 Å². The van der Waals surface area contributed by atoms with Crippen LogP contribution in [0.4, 0.5) is 4.79 Å². The summed E-state index contributed by atoms with van der Waals surface area (Å²) in [5, 5.41) is 0. The van der Waals surface area contributed by atoms with Crippen molar-refractivity contribution in [2.45, 2.75) is 51.3 Å². The molecule has 104 valence electrons. The number of rotatable bonds is 1. The van der Waals surface area contributed by atoms with Gasteiger partial charge in [0.2, 0.25) is 0 Å². The number of esters is 1. The fourth-order valence-electron chi connectivity index (χ4n) is 2.05. The number of methoxy groups -OCH3 is 1. The van der Waals surface area contributed by atoms with Crippen LogP contribution in [0, 0.1) is 0 Å². The third-order valence-corrected chi connectivity index (χ3v) is 3.16. The summed E-state index contributed by atoms with van der Waals surface area (Å²) in [5.74, 6) is -0.515. The summed E-state index contributed by atoms with van der Waals surface area (Å²) >= 11 is 0. The van der Waals surface area contributed by atoms with Crippen molar-refractivity contribution in [1.82, 2.24) is 4.90 Å². The molecule has 0 bridgehead atoms. The molecule has 0 aromatic heterocycles. The molecule has 18 heavy (non-hydrogen) atoms. The quantitative estimate of drug-likeness (QED) is 0.706. The molecule has 0 aliphatic carbocycles. The molecule has 1 saturated heterocycles. The van der Waals surface area contributed by atoms with Gasteiger partial charge in [0.15, 0.2) is 5.54 Å². The van der Waals surface area contributed by atoms with Crippen molar-refractivity contribution in [2.75, 3.05) is 13.7 Å². The number of carbonyl (C=O) groups is 2. The lowest BCUT2D eigenvalue weighted by atomic mass is 9.94. The molecule has 1 rings (SSSR count). The maximum absolute atomic E-state index is 12.1. The monoisotopic (exact) mass is 258 g/mol. The first-order valence-electron chi connectivity index (χ1n) is 5.97. The lowest BCUT2D eigenvalue weighted by Gasteiger charge is -2.35. The number of amides is 1. The van der Waals surface area contributed by atoms with E-state index in [9.17, 15) is 9.59 Å². The Labute approximate surface area is 107 Å². The first-order valence-corrected chi connectivity index (χ1v) is 5.97. The molecule has 1 aliphatic heterocycles. The lowest BCUT2D eigenvalue weighted by Crippen LogP contribution is -2.59. The second kappa shape index (κ2) is 4.76. The number of hydrogen-bond donors (Lipinski definition) is 1. The highest BCUT2D eigenvalue weighted by Gasteiger charge is 2.53. The standard InChI is InChI=1S/C12H22N2O4/c1-11(2,3)18-10(16)14-7-6-8(13)12(14,4)9(15)17-5/h8H,6-7,13H2,1-5H3. The highest BCUT2D eigenvalue weighted by molar-refractivity contribution is 5.87. The lowest BCUT2D eigenvalue weighted by molar-refractivity contribution is -0.152. The van der Waals surface area contributed by atoms with E-state index in [0.717, 1.165) is 0 Å². The first kappa shape index (κ1) is 14.8. The number of hydrogen-bond acceptors (Lipinski definition) is 5. The van der Waals surface area contributed by atoms with E-state index in [-0.39, 0.29) is 0 Å². The van der Waals surface area contributed by atoms with Crippen LogP contribution in [-0.2, 0) is 14.3 Å². The minimum absolute atomic E-state index is 0.391. The van der Waals surface area contributed by atoms with E-state index in [4.69, 9.17) is 15.2 Å². The van der Waals surface area contributed by atoms with E-state index in [2.05, 4.69) is 0 Å². The van der Waals surface area contributed by atoms with Gasteiger partial charge in [0, 0.05) is 12.6 Å². The molecule has 6 nitrogen and oxygen atoms in total. The molecule has 0 saturated carbocycles. The summed E-state index contributed by atoms with van der Waals surface area (Å²) in [7, 11) is 1.28. The second-order valence-corrected chi connectivity index (χ2v) is 5.67. The molecule has 0 radical (unpaired) electrons. The van der Waals surface area contributed by atoms with Crippen molar-refractivity contribution in [3.05, 3.63) is 0 Å². The molecule has 1 heterocycles. The summed E-state index contributed by atoms with van der Waals surface area (Å²) in [6.45, 7) is 7.32. The second-order valence-electron chi connectivity index (χ2n) is 5.67. The van der Waals surface area contributed by atoms with Crippen LogP contribution in [0.1, 0.15) is 34.1 Å². The Hall–Kier alpha value is -1.30. The predicted molar refractivity (Wildman–Crippen MR) is 66.0 cm³/mol. The molecule has 1 aliphatic rings. The summed E-state index contributed by atoms with van der Waals surface area (Å²) in [6.07, 6.45) is 0.00791. The van der Waals surface area contributed by atoms with Gasteiger partial charge in [0.05, 0.1) is 7.11 Å². The third kappa shape index (κ3) is 2.58. The number of carbonyl (C=O) groups excluding carboxylic acids is 2. The van der Waals surface area contributed by atoms with Crippen LogP contribution in [0.25, 0.3) is 0 Å². The van der Waals surface area contributed by atoms with Crippen molar-refractivity contribution < 1.29 is 19.1 Å². The van der Waals surface area contributed by atoms with Crippen molar-refractivity contribution in [3.8, 4) is 0 Å². The van der Waals surface area contributed by atoms with E-state index in [0.29, 0.717) is 13.0 Å². The number of nitrogens with two attached hydrogens (primary N) is 1. The van der Waals surface area contributed by atoms with Crippen molar-refractivity contribution in [1.29, 1.82) is 0 Å². The van der Waals surface area contributed by atoms with Crippen LogP contribution >= 0.6 is 0 Å². The molecule has 0 spiro atoms. The van der Waals surface area contributed by atoms with Crippen LogP contribution in [0.2, 0.25) is 0 Å². The number of nitrogens with zero attached hydrogens (tertiary/aromatic N) is 1. The summed E-state index contributed by atoms with van der Waals surface area (Å²) in [5.41, 5.74) is 4.17. The minimum Gasteiger partial charge on any atom is -0.467 e. The van der Waals surface area contributed by atoms with Gasteiger partial charge in [-0.05, 0) is 34.1 Å². The van der Waals surface area contributed by atoms with Crippen LogP contribution in [-0.4, -0.2) is 47.8 Å². The van der Waals surface area contributed by atoms with E-state index >= 15 is 0 Å². The van der Waals surface area contributed by atoms with E-state index < -0.39 is 29.2 Å². The zero-order valence-corrected chi connectivity index (χ0v) is 11.6. The van der Waals surface area contributed by atoms with E-state index in [1.165, 1.54) is 12.0 Å². The highest BCUT2D eigenvalue weighted by atomic mass is 16.6. The van der Waals surface area contributed by atoms with Gasteiger partial charge >= 0.3 is 12.1 Å².